The van der Waals surface area contributed by atoms with Crippen LogP contribution >= 0.6 is 11.6 Å². The molecule has 0 unspecified atom stereocenters. The summed E-state index contributed by atoms with van der Waals surface area (Å²) in [6.07, 6.45) is 1.03. The van der Waals surface area contributed by atoms with Crippen LogP contribution < -0.4 is 4.72 Å². The smallest absolute Gasteiger partial charge is 0.264 e. The van der Waals surface area contributed by atoms with E-state index in [0.29, 0.717) is 16.1 Å². The van der Waals surface area contributed by atoms with E-state index in [1.165, 1.54) is 18.2 Å². The Kier molecular flexibility index (Phi) is 4.82. The second kappa shape index (κ2) is 7.04. The SMILES string of the molecule is O=C(Cc1cccc(Cl)c1)NS(=O)(=O)c1cccc(-c2nnco2)c1. The lowest BCUT2D eigenvalue weighted by atomic mass is 10.1. The highest BCUT2D eigenvalue weighted by molar-refractivity contribution is 7.90. The fourth-order valence-corrected chi connectivity index (χ4v) is 3.41. The Morgan fingerprint density at radius 2 is 1.96 bits per heavy atom. The van der Waals surface area contributed by atoms with Crippen molar-refractivity contribution in [3.8, 4) is 11.5 Å². The maximum absolute atomic E-state index is 12.4. The van der Waals surface area contributed by atoms with E-state index in [1.54, 1.807) is 30.3 Å². The Hall–Kier alpha value is -2.71. The van der Waals surface area contributed by atoms with Gasteiger partial charge in [0.25, 0.3) is 10.0 Å². The first kappa shape index (κ1) is 17.1. The molecule has 0 bridgehead atoms. The van der Waals surface area contributed by atoms with Gasteiger partial charge in [-0.25, -0.2) is 13.1 Å². The maximum atomic E-state index is 12.4. The Balaban J connectivity index is 1.77. The van der Waals surface area contributed by atoms with Crippen LogP contribution in [0.15, 0.2) is 64.2 Å². The van der Waals surface area contributed by atoms with E-state index in [0.717, 1.165) is 6.39 Å². The number of hydrogen-bond acceptors (Lipinski definition) is 6. The molecule has 128 valence electrons. The number of aromatic nitrogens is 2. The zero-order valence-corrected chi connectivity index (χ0v) is 14.3. The number of amides is 1. The van der Waals surface area contributed by atoms with Crippen molar-refractivity contribution >= 4 is 27.5 Å². The normalized spacial score (nSPS) is 11.2. The van der Waals surface area contributed by atoms with E-state index in [2.05, 4.69) is 10.2 Å². The van der Waals surface area contributed by atoms with Crippen LogP contribution in [0.3, 0.4) is 0 Å². The summed E-state index contributed by atoms with van der Waals surface area (Å²) >= 11 is 5.85. The van der Waals surface area contributed by atoms with Gasteiger partial charge in [-0.1, -0.05) is 29.8 Å². The Morgan fingerprint density at radius 3 is 2.68 bits per heavy atom. The largest absolute Gasteiger partial charge is 0.423 e. The van der Waals surface area contributed by atoms with Gasteiger partial charge >= 0.3 is 0 Å². The molecule has 3 aromatic rings. The van der Waals surface area contributed by atoms with Gasteiger partial charge in [-0.15, -0.1) is 10.2 Å². The maximum Gasteiger partial charge on any atom is 0.264 e. The molecule has 0 saturated carbocycles. The van der Waals surface area contributed by atoms with Crippen LogP contribution in [0.4, 0.5) is 0 Å². The minimum atomic E-state index is -4.03. The van der Waals surface area contributed by atoms with Crippen molar-refractivity contribution in [2.75, 3.05) is 0 Å². The molecule has 0 radical (unpaired) electrons. The van der Waals surface area contributed by atoms with E-state index in [-0.39, 0.29) is 17.2 Å². The average Bonchev–Trinajstić information content (AvgIpc) is 3.09. The number of rotatable bonds is 5. The molecule has 0 aliphatic carbocycles. The predicted octanol–water partition coefficient (Wildman–Crippen LogP) is 2.44. The third-order valence-electron chi connectivity index (χ3n) is 3.25. The van der Waals surface area contributed by atoms with Crippen molar-refractivity contribution in [1.29, 1.82) is 0 Å². The van der Waals surface area contributed by atoms with Gasteiger partial charge in [0.05, 0.1) is 11.3 Å². The molecule has 0 atom stereocenters. The highest BCUT2D eigenvalue weighted by atomic mass is 35.5. The predicted molar refractivity (Wildman–Crippen MR) is 90.2 cm³/mol. The summed E-state index contributed by atoms with van der Waals surface area (Å²) in [6.45, 7) is 0. The average molecular weight is 378 g/mol. The van der Waals surface area contributed by atoms with Crippen LogP contribution in [0, 0.1) is 0 Å². The molecule has 1 aromatic heterocycles. The lowest BCUT2D eigenvalue weighted by Crippen LogP contribution is -2.31. The number of carbonyl (C=O) groups excluding carboxylic acids is 1. The van der Waals surface area contributed by atoms with Crippen LogP contribution in [0.1, 0.15) is 5.56 Å². The molecule has 2 aromatic carbocycles. The number of nitrogens with one attached hydrogen (secondary N) is 1. The summed E-state index contributed by atoms with van der Waals surface area (Å²) in [4.78, 5) is 12.0. The summed E-state index contributed by atoms with van der Waals surface area (Å²) in [7, 11) is -4.03. The van der Waals surface area contributed by atoms with Crippen molar-refractivity contribution in [3.05, 3.63) is 65.5 Å². The molecular weight excluding hydrogens is 366 g/mol. The van der Waals surface area contributed by atoms with Crippen molar-refractivity contribution < 1.29 is 17.6 Å². The van der Waals surface area contributed by atoms with E-state index in [4.69, 9.17) is 16.0 Å². The summed E-state index contributed by atoms with van der Waals surface area (Å²) in [5.74, 6) is -0.479. The van der Waals surface area contributed by atoms with Crippen LogP contribution in [0.2, 0.25) is 5.02 Å². The molecule has 1 amide bonds. The monoisotopic (exact) mass is 377 g/mol. The molecule has 3 rings (SSSR count). The number of hydrogen-bond donors (Lipinski definition) is 1. The molecule has 0 aliphatic rings. The van der Waals surface area contributed by atoms with Crippen LogP contribution in [0.25, 0.3) is 11.5 Å². The fraction of sp³-hybridized carbons (Fsp3) is 0.0625. The van der Waals surface area contributed by atoms with Crippen LogP contribution in [-0.4, -0.2) is 24.5 Å². The van der Waals surface area contributed by atoms with Gasteiger partial charge in [0, 0.05) is 10.6 Å². The Bertz CT molecular complexity index is 1000. The highest BCUT2D eigenvalue weighted by Crippen LogP contribution is 2.20. The second-order valence-corrected chi connectivity index (χ2v) is 7.23. The van der Waals surface area contributed by atoms with Gasteiger partial charge in [0.1, 0.15) is 0 Å². The summed E-state index contributed by atoms with van der Waals surface area (Å²) in [5.41, 5.74) is 1.04. The van der Waals surface area contributed by atoms with Gasteiger partial charge in [-0.3, -0.25) is 4.79 Å². The van der Waals surface area contributed by atoms with E-state index in [1.807, 2.05) is 4.72 Å². The number of carbonyl (C=O) groups is 1. The molecule has 1 heterocycles. The first-order chi connectivity index (χ1) is 11.9. The van der Waals surface area contributed by atoms with Crippen molar-refractivity contribution in [3.63, 3.8) is 0 Å². The number of halogens is 1. The summed E-state index contributed by atoms with van der Waals surface area (Å²) < 4.78 is 31.9. The summed E-state index contributed by atoms with van der Waals surface area (Å²) in [5, 5.41) is 7.74. The zero-order valence-electron chi connectivity index (χ0n) is 12.7. The highest BCUT2D eigenvalue weighted by Gasteiger charge is 2.19. The van der Waals surface area contributed by atoms with E-state index in [9.17, 15) is 13.2 Å². The third-order valence-corrected chi connectivity index (χ3v) is 4.86. The number of sulfonamides is 1. The van der Waals surface area contributed by atoms with Crippen molar-refractivity contribution in [1.82, 2.24) is 14.9 Å². The molecule has 25 heavy (non-hydrogen) atoms. The van der Waals surface area contributed by atoms with Gasteiger partial charge < -0.3 is 4.42 Å². The molecule has 0 aliphatic heterocycles. The lowest BCUT2D eigenvalue weighted by molar-refractivity contribution is -0.118. The first-order valence-corrected chi connectivity index (χ1v) is 8.97. The second-order valence-electron chi connectivity index (χ2n) is 5.11. The van der Waals surface area contributed by atoms with Gasteiger partial charge in [-0.05, 0) is 35.9 Å². The molecular formula is C16H12ClN3O4S. The van der Waals surface area contributed by atoms with Gasteiger partial charge in [0.2, 0.25) is 18.2 Å². The van der Waals surface area contributed by atoms with Crippen LogP contribution in [-0.2, 0) is 21.2 Å². The molecule has 0 spiro atoms. The molecule has 0 fully saturated rings. The standard InChI is InChI=1S/C16H12ClN3O4S/c17-13-5-1-3-11(7-13)8-15(21)20-25(22,23)14-6-2-4-12(9-14)16-19-18-10-24-16/h1-7,9-10H,8H2,(H,20,21). The molecule has 9 heteroatoms. The van der Waals surface area contributed by atoms with Gasteiger partial charge in [-0.2, -0.15) is 0 Å². The number of nitrogens with zero attached hydrogens (tertiary/aromatic N) is 2. The molecule has 0 saturated heterocycles. The molecule has 7 nitrogen and oxygen atoms in total. The Labute approximate surface area is 148 Å². The quantitative estimate of drug-likeness (QED) is 0.732. The van der Waals surface area contributed by atoms with Crippen molar-refractivity contribution in [2.45, 2.75) is 11.3 Å². The number of benzene rings is 2. The van der Waals surface area contributed by atoms with Crippen LogP contribution in [0.5, 0.6) is 0 Å². The summed E-state index contributed by atoms with van der Waals surface area (Å²) in [6, 6.07) is 12.5. The minimum Gasteiger partial charge on any atom is -0.423 e. The third kappa shape index (κ3) is 4.23. The minimum absolute atomic E-state index is 0.0809. The van der Waals surface area contributed by atoms with Crippen molar-refractivity contribution in [2.24, 2.45) is 0 Å². The van der Waals surface area contributed by atoms with Gasteiger partial charge in [0.15, 0.2) is 0 Å². The van der Waals surface area contributed by atoms with E-state index < -0.39 is 15.9 Å². The molecule has 1 N–H and O–H groups in total. The zero-order chi connectivity index (χ0) is 17.9. The first-order valence-electron chi connectivity index (χ1n) is 7.11. The van der Waals surface area contributed by atoms with E-state index >= 15 is 0 Å². The Morgan fingerprint density at radius 1 is 1.16 bits per heavy atom. The fourth-order valence-electron chi connectivity index (χ4n) is 2.17. The topological polar surface area (TPSA) is 102 Å². The lowest BCUT2D eigenvalue weighted by Gasteiger charge is -2.08.